The highest BCUT2D eigenvalue weighted by atomic mass is 16.5. The molecule has 57 heavy (non-hydrogen) atoms. The van der Waals surface area contributed by atoms with Crippen molar-refractivity contribution in [3.8, 4) is 11.5 Å². The van der Waals surface area contributed by atoms with Gasteiger partial charge in [-0.3, -0.25) is 34.4 Å². The number of aryl methyl sites for hydroxylation is 5. The average Bonchev–Trinajstić information content (AvgIpc) is 3.95. The first kappa shape index (κ1) is 38.9. The summed E-state index contributed by atoms with van der Waals surface area (Å²) in [6.07, 6.45) is 0.0928. The van der Waals surface area contributed by atoms with E-state index in [0.717, 1.165) is 0 Å². The highest BCUT2D eigenvalue weighted by molar-refractivity contribution is 6.05. The van der Waals surface area contributed by atoms with Crippen LogP contribution in [0.3, 0.4) is 0 Å². The number of primary amides is 1. The topological polar surface area (TPSA) is 258 Å². The van der Waals surface area contributed by atoms with Gasteiger partial charge in [0.05, 0.1) is 35.1 Å². The Kier molecular flexibility index (Phi) is 11.0. The van der Waals surface area contributed by atoms with E-state index in [9.17, 15) is 24.6 Å². The van der Waals surface area contributed by atoms with Crippen LogP contribution in [0.25, 0.3) is 22.1 Å². The molecule has 19 heteroatoms. The third kappa shape index (κ3) is 7.63. The van der Waals surface area contributed by atoms with E-state index in [2.05, 4.69) is 20.8 Å². The minimum atomic E-state index is -1.26. The SMILES string of the molecule is CCn1nc(C)cc1C(=O)Nc1nc2cc(C(N)=O)cc(OCCCO)c2n1CCC[C@H]1COc2cc(C(N)O)cc3nc(NC(=O)c4cc(C)nn4CC)n1c23. The Balaban J connectivity index is 1.25. The summed E-state index contributed by atoms with van der Waals surface area (Å²) in [5.74, 6) is -0.210. The maximum Gasteiger partial charge on any atom is 0.276 e. The van der Waals surface area contributed by atoms with E-state index >= 15 is 0 Å². The van der Waals surface area contributed by atoms with Gasteiger partial charge >= 0.3 is 0 Å². The molecule has 1 unspecified atom stereocenters. The highest BCUT2D eigenvalue weighted by Crippen LogP contribution is 2.40. The second kappa shape index (κ2) is 16.0. The fourth-order valence-electron chi connectivity index (χ4n) is 7.21. The predicted molar refractivity (Wildman–Crippen MR) is 209 cm³/mol. The molecule has 7 rings (SSSR count). The molecule has 1 aliphatic rings. The monoisotopic (exact) mass is 782 g/mol. The minimum Gasteiger partial charge on any atom is -0.491 e. The van der Waals surface area contributed by atoms with Crippen molar-refractivity contribution in [1.29, 1.82) is 0 Å². The Morgan fingerprint density at radius 3 is 2.16 bits per heavy atom. The van der Waals surface area contributed by atoms with Gasteiger partial charge in [-0.25, -0.2) is 9.97 Å². The molecular formula is C38H46N12O7. The van der Waals surface area contributed by atoms with Gasteiger partial charge in [-0.05, 0) is 76.9 Å². The first-order valence-corrected chi connectivity index (χ1v) is 18.8. The minimum absolute atomic E-state index is 0.101. The summed E-state index contributed by atoms with van der Waals surface area (Å²) in [7, 11) is 0. The lowest BCUT2D eigenvalue weighted by atomic mass is 10.1. The molecule has 0 saturated carbocycles. The fraction of sp³-hybridized carbons (Fsp3) is 0.395. The number of amides is 3. The molecule has 2 atom stereocenters. The van der Waals surface area contributed by atoms with Crippen molar-refractivity contribution in [2.24, 2.45) is 11.5 Å². The van der Waals surface area contributed by atoms with Gasteiger partial charge in [-0.15, -0.1) is 0 Å². The summed E-state index contributed by atoms with van der Waals surface area (Å²) in [6.45, 7) is 8.97. The number of rotatable bonds is 16. The van der Waals surface area contributed by atoms with Crippen molar-refractivity contribution in [2.45, 2.75) is 78.9 Å². The summed E-state index contributed by atoms with van der Waals surface area (Å²) in [6, 6.07) is 9.50. The number of aliphatic hydroxyl groups is 2. The molecule has 2 aromatic carbocycles. The van der Waals surface area contributed by atoms with Crippen LogP contribution in [0, 0.1) is 13.8 Å². The molecule has 4 aromatic heterocycles. The first-order valence-electron chi connectivity index (χ1n) is 18.8. The third-order valence-corrected chi connectivity index (χ3v) is 9.80. The number of fused-ring (bicyclic) bond motifs is 1. The number of hydrogen-bond acceptors (Lipinski definition) is 12. The number of nitrogens with one attached hydrogen (secondary N) is 2. The average molecular weight is 783 g/mol. The number of ether oxygens (including phenoxy) is 2. The zero-order valence-corrected chi connectivity index (χ0v) is 32.2. The van der Waals surface area contributed by atoms with E-state index < -0.39 is 18.0 Å². The number of carbonyl (C=O) groups is 3. The molecule has 6 aromatic rings. The van der Waals surface area contributed by atoms with Gasteiger partial charge in [-0.1, -0.05) is 0 Å². The van der Waals surface area contributed by atoms with Gasteiger partial charge in [0.1, 0.15) is 46.8 Å². The van der Waals surface area contributed by atoms with Gasteiger partial charge in [0.25, 0.3) is 11.8 Å². The second-order valence-corrected chi connectivity index (χ2v) is 13.8. The van der Waals surface area contributed by atoms with Crippen LogP contribution in [0.5, 0.6) is 11.5 Å². The summed E-state index contributed by atoms with van der Waals surface area (Å²) in [4.78, 5) is 49.3. The zero-order valence-electron chi connectivity index (χ0n) is 32.2. The Labute approximate surface area is 326 Å². The largest absolute Gasteiger partial charge is 0.491 e. The van der Waals surface area contributed by atoms with E-state index in [1.54, 1.807) is 46.6 Å². The van der Waals surface area contributed by atoms with Crippen LogP contribution in [0.4, 0.5) is 11.9 Å². The Morgan fingerprint density at radius 2 is 1.54 bits per heavy atom. The van der Waals surface area contributed by atoms with Crippen LogP contribution in [0.15, 0.2) is 36.4 Å². The maximum atomic E-state index is 13.7. The number of carbonyl (C=O) groups excluding carboxylic acids is 3. The van der Waals surface area contributed by atoms with Crippen molar-refractivity contribution in [3.05, 3.63) is 70.3 Å². The van der Waals surface area contributed by atoms with Crippen molar-refractivity contribution in [3.63, 3.8) is 0 Å². The lowest BCUT2D eigenvalue weighted by Gasteiger charge is -2.28. The van der Waals surface area contributed by atoms with Gasteiger partial charge in [0.15, 0.2) is 0 Å². The fourth-order valence-corrected chi connectivity index (χ4v) is 7.21. The molecule has 5 heterocycles. The van der Waals surface area contributed by atoms with E-state index in [0.29, 0.717) is 101 Å². The molecule has 1 aliphatic heterocycles. The number of nitrogens with zero attached hydrogens (tertiary/aromatic N) is 8. The highest BCUT2D eigenvalue weighted by Gasteiger charge is 2.30. The molecule has 3 amide bonds. The molecule has 300 valence electrons. The first-order chi connectivity index (χ1) is 27.4. The molecule has 19 nitrogen and oxygen atoms in total. The molecule has 0 spiro atoms. The van der Waals surface area contributed by atoms with E-state index in [1.807, 2.05) is 29.9 Å². The lowest BCUT2D eigenvalue weighted by molar-refractivity contribution is 0.0994. The zero-order chi connectivity index (χ0) is 40.5. The number of hydrogen-bond donors (Lipinski definition) is 6. The number of aromatic nitrogens is 8. The van der Waals surface area contributed by atoms with Gasteiger partial charge in [0.2, 0.25) is 17.8 Å². The third-order valence-electron chi connectivity index (χ3n) is 9.80. The number of anilines is 2. The quantitative estimate of drug-likeness (QED) is 0.0612. The Hall–Kier alpha value is -6.31. The number of aliphatic hydroxyl groups excluding tert-OH is 2. The van der Waals surface area contributed by atoms with Crippen LogP contribution < -0.4 is 31.6 Å². The molecule has 8 N–H and O–H groups in total. The summed E-state index contributed by atoms with van der Waals surface area (Å²) >= 11 is 0. The van der Waals surface area contributed by atoms with Crippen LogP contribution >= 0.6 is 0 Å². The van der Waals surface area contributed by atoms with Crippen LogP contribution in [-0.2, 0) is 19.6 Å². The van der Waals surface area contributed by atoms with Crippen LogP contribution in [0.1, 0.15) is 93.7 Å². The normalized spacial score (nSPS) is 14.2. The number of benzene rings is 2. The Bertz CT molecular complexity index is 2490. The number of nitrogens with two attached hydrogens (primary N) is 2. The van der Waals surface area contributed by atoms with Crippen LogP contribution in [0.2, 0.25) is 0 Å². The molecular weight excluding hydrogens is 736 g/mol. The van der Waals surface area contributed by atoms with Crippen molar-refractivity contribution in [2.75, 3.05) is 30.5 Å². The Morgan fingerprint density at radius 1 is 0.912 bits per heavy atom. The van der Waals surface area contributed by atoms with E-state index in [4.69, 9.17) is 30.9 Å². The second-order valence-electron chi connectivity index (χ2n) is 13.8. The standard InChI is InChI=1S/C38H46N12O7/c1-5-48-27(13-20(3)45-48)35(54)43-37-41-25-15-22(33(39)52)17-29(56-12-8-11-51)31(25)47(37)10-7-9-24-19-57-30-18-23(34(40)53)16-26-32(30)50(24)38(42-26)44-36(55)28-14-21(4)46-49(28)6-2/h13-18,24,34,51,53H,5-12,19,40H2,1-4H3,(H2,39,52)(H,41,43,54)(H,42,44,55)/t24-,34?/m0/s1. The molecule has 0 fully saturated rings. The van der Waals surface area contributed by atoms with Crippen molar-refractivity contribution >= 4 is 51.7 Å². The molecule has 0 aliphatic carbocycles. The van der Waals surface area contributed by atoms with Crippen molar-refractivity contribution < 1.29 is 34.1 Å². The van der Waals surface area contributed by atoms with Gasteiger partial charge < -0.3 is 40.3 Å². The smallest absolute Gasteiger partial charge is 0.276 e. The number of imidazole rings is 2. The van der Waals surface area contributed by atoms with Crippen LogP contribution in [-0.4, -0.2) is 86.4 Å². The van der Waals surface area contributed by atoms with E-state index in [-0.39, 0.29) is 49.2 Å². The summed E-state index contributed by atoms with van der Waals surface area (Å²) in [5.41, 5.74) is 16.2. The predicted octanol–water partition coefficient (Wildman–Crippen LogP) is 3.16. The molecule has 0 bridgehead atoms. The van der Waals surface area contributed by atoms with Gasteiger partial charge in [-0.2, -0.15) is 10.2 Å². The van der Waals surface area contributed by atoms with E-state index in [1.165, 1.54) is 6.07 Å². The maximum absolute atomic E-state index is 13.7. The summed E-state index contributed by atoms with van der Waals surface area (Å²) in [5, 5.41) is 34.4. The molecule has 0 radical (unpaired) electrons. The lowest BCUT2D eigenvalue weighted by Crippen LogP contribution is -2.26. The van der Waals surface area contributed by atoms with Crippen molar-refractivity contribution in [1.82, 2.24) is 38.7 Å². The molecule has 0 saturated heterocycles. The summed E-state index contributed by atoms with van der Waals surface area (Å²) < 4.78 is 19.3. The van der Waals surface area contributed by atoms with Gasteiger partial charge in [0, 0.05) is 43.8 Å².